The van der Waals surface area contributed by atoms with Crippen LogP contribution in [0.15, 0.2) is 22.7 Å². The first-order valence-electron chi connectivity index (χ1n) is 6.04. The molecule has 1 aromatic rings. The maximum absolute atomic E-state index is 12.5. The number of ether oxygens (including phenoxy) is 1. The molecule has 0 saturated carbocycles. The van der Waals surface area contributed by atoms with Crippen molar-refractivity contribution in [1.29, 1.82) is 0 Å². The molecule has 1 aromatic carbocycles. The summed E-state index contributed by atoms with van der Waals surface area (Å²) < 4.78 is 6.49. The first kappa shape index (κ1) is 12.5. The maximum atomic E-state index is 12.5. The number of benzene rings is 1. The van der Waals surface area contributed by atoms with E-state index in [1.807, 2.05) is 17.0 Å². The highest BCUT2D eigenvalue weighted by Crippen LogP contribution is 2.30. The minimum Gasteiger partial charge on any atom is -0.371 e. The highest BCUT2D eigenvalue weighted by Gasteiger charge is 2.36. The van der Waals surface area contributed by atoms with Crippen molar-refractivity contribution in [3.05, 3.63) is 33.3 Å². The zero-order valence-corrected chi connectivity index (χ0v) is 12.1. The minimum atomic E-state index is 0.00139. The van der Waals surface area contributed by atoms with Gasteiger partial charge in [-0.25, -0.2) is 0 Å². The van der Waals surface area contributed by atoms with Crippen molar-refractivity contribution in [2.24, 2.45) is 0 Å². The van der Waals surface area contributed by atoms with Gasteiger partial charge in [-0.2, -0.15) is 0 Å². The van der Waals surface area contributed by atoms with E-state index in [1.54, 1.807) is 6.07 Å². The molecule has 5 heteroatoms. The van der Waals surface area contributed by atoms with E-state index in [4.69, 9.17) is 16.3 Å². The molecule has 1 amide bonds. The summed E-state index contributed by atoms with van der Waals surface area (Å²) >= 11 is 9.52. The number of halogens is 2. The minimum absolute atomic E-state index is 0.00139. The van der Waals surface area contributed by atoms with Crippen LogP contribution in [0.2, 0.25) is 5.02 Å². The molecular weight excluding hydrogens is 318 g/mol. The summed E-state index contributed by atoms with van der Waals surface area (Å²) in [6.45, 7) is 1.36. The number of hydrogen-bond acceptors (Lipinski definition) is 2. The van der Waals surface area contributed by atoms with Gasteiger partial charge in [0, 0.05) is 17.6 Å². The van der Waals surface area contributed by atoms with Gasteiger partial charge < -0.3 is 9.64 Å². The van der Waals surface area contributed by atoms with Crippen molar-refractivity contribution >= 4 is 33.4 Å². The van der Waals surface area contributed by atoms with E-state index >= 15 is 0 Å². The quantitative estimate of drug-likeness (QED) is 0.792. The first-order valence-corrected chi connectivity index (χ1v) is 7.21. The summed E-state index contributed by atoms with van der Waals surface area (Å²) in [5, 5.41) is 0.487. The second-order valence-corrected chi connectivity index (χ2v) is 6.00. The molecule has 2 saturated heterocycles. The molecule has 3 rings (SSSR count). The number of nitrogens with zero attached hydrogens (tertiary/aromatic N) is 1. The largest absolute Gasteiger partial charge is 0.371 e. The number of rotatable bonds is 1. The third-order valence-electron chi connectivity index (χ3n) is 3.51. The van der Waals surface area contributed by atoms with Crippen molar-refractivity contribution in [2.45, 2.75) is 25.0 Å². The number of carbonyl (C=O) groups excluding carboxylic acids is 1. The summed E-state index contributed by atoms with van der Waals surface area (Å²) in [5.74, 6) is 0.00139. The van der Waals surface area contributed by atoms with Gasteiger partial charge in [0.1, 0.15) is 0 Å². The average molecular weight is 331 g/mol. The number of fused-ring (bicyclic) bond motifs is 2. The lowest BCUT2D eigenvalue weighted by Gasteiger charge is -2.32. The third kappa shape index (κ3) is 2.17. The molecule has 2 aliphatic rings. The zero-order chi connectivity index (χ0) is 12.7. The van der Waals surface area contributed by atoms with Crippen LogP contribution in [0.5, 0.6) is 0 Å². The molecule has 0 aromatic heterocycles. The zero-order valence-electron chi connectivity index (χ0n) is 9.73. The van der Waals surface area contributed by atoms with Gasteiger partial charge >= 0.3 is 0 Å². The summed E-state index contributed by atoms with van der Waals surface area (Å²) in [6, 6.07) is 5.44. The molecule has 96 valence electrons. The smallest absolute Gasteiger partial charge is 0.255 e. The standard InChI is InChI=1S/C13H13BrClNO2/c14-11-3-1-2-10(12(11)15)13(17)16-6-8-4-5-9(7-16)18-8/h1-3,8-9H,4-7H2. The Labute approximate surface area is 119 Å². The SMILES string of the molecule is O=C(c1cccc(Br)c1Cl)N1CC2CCC(C1)O2. The normalized spacial score (nSPS) is 26.4. The Hall–Kier alpha value is -0.580. The maximum Gasteiger partial charge on any atom is 0.255 e. The molecule has 3 nitrogen and oxygen atoms in total. The lowest BCUT2D eigenvalue weighted by molar-refractivity contribution is -0.0303. The van der Waals surface area contributed by atoms with E-state index in [-0.39, 0.29) is 18.1 Å². The number of morpholine rings is 1. The van der Waals surface area contributed by atoms with Crippen LogP contribution in [-0.4, -0.2) is 36.1 Å². The first-order chi connectivity index (χ1) is 8.65. The number of carbonyl (C=O) groups is 1. The van der Waals surface area contributed by atoms with Gasteiger partial charge in [-0.15, -0.1) is 0 Å². The Morgan fingerprint density at radius 1 is 1.33 bits per heavy atom. The summed E-state index contributed by atoms with van der Waals surface area (Å²) in [7, 11) is 0. The summed E-state index contributed by atoms with van der Waals surface area (Å²) in [5.41, 5.74) is 0.562. The second-order valence-electron chi connectivity index (χ2n) is 4.77. The van der Waals surface area contributed by atoms with Crippen molar-refractivity contribution in [3.8, 4) is 0 Å². The van der Waals surface area contributed by atoms with Crippen molar-refractivity contribution in [1.82, 2.24) is 4.90 Å². The fourth-order valence-electron chi connectivity index (χ4n) is 2.62. The van der Waals surface area contributed by atoms with Crippen LogP contribution < -0.4 is 0 Å². The molecule has 0 aliphatic carbocycles. The van der Waals surface area contributed by atoms with E-state index in [9.17, 15) is 4.79 Å². The lowest BCUT2D eigenvalue weighted by atomic mass is 10.1. The molecule has 0 N–H and O–H groups in total. The Bertz CT molecular complexity index is 482. The van der Waals surface area contributed by atoms with Gasteiger partial charge in [-0.3, -0.25) is 4.79 Å². The number of hydrogen-bond donors (Lipinski definition) is 0. The van der Waals surface area contributed by atoms with Crippen molar-refractivity contribution in [2.75, 3.05) is 13.1 Å². The van der Waals surface area contributed by atoms with E-state index in [0.717, 1.165) is 17.3 Å². The van der Waals surface area contributed by atoms with Gasteiger partial charge in [-0.1, -0.05) is 17.7 Å². The fraction of sp³-hybridized carbons (Fsp3) is 0.462. The lowest BCUT2D eigenvalue weighted by Crippen LogP contribution is -2.45. The molecule has 2 bridgehead atoms. The van der Waals surface area contributed by atoms with Crippen LogP contribution in [0.25, 0.3) is 0 Å². The number of amides is 1. The van der Waals surface area contributed by atoms with E-state index in [0.29, 0.717) is 23.7 Å². The second kappa shape index (κ2) is 4.83. The molecule has 0 radical (unpaired) electrons. The van der Waals surface area contributed by atoms with Gasteiger partial charge in [0.25, 0.3) is 5.91 Å². The average Bonchev–Trinajstić information content (AvgIpc) is 2.71. The molecule has 0 spiro atoms. The topological polar surface area (TPSA) is 29.5 Å². The molecular formula is C13H13BrClNO2. The van der Waals surface area contributed by atoms with Crippen molar-refractivity contribution < 1.29 is 9.53 Å². The Morgan fingerprint density at radius 2 is 2.00 bits per heavy atom. The predicted molar refractivity (Wildman–Crippen MR) is 73.0 cm³/mol. The monoisotopic (exact) mass is 329 g/mol. The molecule has 2 unspecified atom stereocenters. The fourth-order valence-corrected chi connectivity index (χ4v) is 3.19. The van der Waals surface area contributed by atoms with Crippen molar-refractivity contribution in [3.63, 3.8) is 0 Å². The molecule has 2 aliphatic heterocycles. The van der Waals surface area contributed by atoms with Crippen LogP contribution in [0.4, 0.5) is 0 Å². The Morgan fingerprint density at radius 3 is 2.67 bits per heavy atom. The molecule has 2 fully saturated rings. The van der Waals surface area contributed by atoms with Gasteiger partial charge in [0.05, 0.1) is 22.8 Å². The molecule has 18 heavy (non-hydrogen) atoms. The van der Waals surface area contributed by atoms with Gasteiger partial charge in [0.2, 0.25) is 0 Å². The van der Waals surface area contributed by atoms with E-state index in [1.165, 1.54) is 0 Å². The van der Waals surface area contributed by atoms with Crippen LogP contribution in [-0.2, 0) is 4.74 Å². The van der Waals surface area contributed by atoms with Gasteiger partial charge in [0.15, 0.2) is 0 Å². The van der Waals surface area contributed by atoms with Crippen LogP contribution in [0, 0.1) is 0 Å². The predicted octanol–water partition coefficient (Wildman–Crippen LogP) is 3.11. The highest BCUT2D eigenvalue weighted by atomic mass is 79.9. The highest BCUT2D eigenvalue weighted by molar-refractivity contribution is 9.10. The van der Waals surface area contributed by atoms with Crippen LogP contribution in [0.3, 0.4) is 0 Å². The third-order valence-corrected chi connectivity index (χ3v) is 4.81. The molecule has 2 heterocycles. The van der Waals surface area contributed by atoms with E-state index < -0.39 is 0 Å². The molecule has 2 atom stereocenters. The van der Waals surface area contributed by atoms with E-state index in [2.05, 4.69) is 15.9 Å². The summed E-state index contributed by atoms with van der Waals surface area (Å²) in [6.07, 6.45) is 2.53. The van der Waals surface area contributed by atoms with Crippen LogP contribution >= 0.6 is 27.5 Å². The Kier molecular flexibility index (Phi) is 3.34. The Balaban J connectivity index is 1.84. The number of likely N-dealkylation sites (tertiary alicyclic amines) is 1. The summed E-state index contributed by atoms with van der Waals surface area (Å²) in [4.78, 5) is 14.3. The van der Waals surface area contributed by atoms with Gasteiger partial charge in [-0.05, 0) is 40.9 Å². The van der Waals surface area contributed by atoms with Crippen LogP contribution in [0.1, 0.15) is 23.2 Å².